The molecule has 0 radical (unpaired) electrons. The highest BCUT2D eigenvalue weighted by Gasteiger charge is 2.16. The number of hydrogen-bond donors (Lipinski definition) is 3. The fraction of sp³-hybridized carbons (Fsp3) is 0.118. The first-order chi connectivity index (χ1) is 10.7. The van der Waals surface area contributed by atoms with Crippen molar-refractivity contribution in [3.63, 3.8) is 0 Å². The second kappa shape index (κ2) is 6.48. The Kier molecular flexibility index (Phi) is 4.43. The van der Waals surface area contributed by atoms with Gasteiger partial charge in [0.1, 0.15) is 4.99 Å². The van der Waals surface area contributed by atoms with Crippen molar-refractivity contribution in [2.24, 2.45) is 0 Å². The molecule has 0 unspecified atom stereocenters. The molecule has 1 aromatic heterocycles. The van der Waals surface area contributed by atoms with E-state index in [9.17, 15) is 0 Å². The molecular formula is C17H15ClN2OS. The van der Waals surface area contributed by atoms with Gasteiger partial charge in [-0.1, -0.05) is 54.2 Å². The lowest BCUT2D eigenvalue weighted by Crippen LogP contribution is -2.26. The first-order valence-electron chi connectivity index (χ1n) is 6.96. The molecule has 0 amide bonds. The third kappa shape index (κ3) is 2.86. The van der Waals surface area contributed by atoms with E-state index in [0.717, 1.165) is 27.7 Å². The summed E-state index contributed by atoms with van der Waals surface area (Å²) < 4.78 is 0. The van der Waals surface area contributed by atoms with E-state index in [1.165, 1.54) is 0 Å². The number of rotatable bonds is 4. The average Bonchev–Trinajstić information content (AvgIpc) is 2.92. The molecule has 3 nitrogen and oxygen atoms in total. The number of aliphatic hydroxyl groups excluding tert-OH is 1. The Morgan fingerprint density at radius 2 is 1.95 bits per heavy atom. The highest BCUT2D eigenvalue weighted by atomic mass is 35.5. The Morgan fingerprint density at radius 3 is 2.68 bits per heavy atom. The molecular weight excluding hydrogens is 316 g/mol. The van der Waals surface area contributed by atoms with Crippen molar-refractivity contribution in [1.82, 2.24) is 10.3 Å². The highest BCUT2D eigenvalue weighted by molar-refractivity contribution is 7.80. The first-order valence-corrected chi connectivity index (χ1v) is 7.75. The Labute approximate surface area is 138 Å². The van der Waals surface area contributed by atoms with Crippen molar-refractivity contribution in [1.29, 1.82) is 0 Å². The zero-order valence-corrected chi connectivity index (χ0v) is 13.3. The van der Waals surface area contributed by atoms with E-state index in [2.05, 4.69) is 10.3 Å². The van der Waals surface area contributed by atoms with Gasteiger partial charge in [0.05, 0.1) is 12.3 Å². The van der Waals surface area contributed by atoms with Gasteiger partial charge in [-0.05, 0) is 23.8 Å². The molecule has 0 spiro atoms. The van der Waals surface area contributed by atoms with Crippen molar-refractivity contribution in [3.05, 3.63) is 59.2 Å². The van der Waals surface area contributed by atoms with Gasteiger partial charge in [-0.15, -0.1) is 0 Å². The van der Waals surface area contributed by atoms with Gasteiger partial charge in [-0.25, -0.2) is 0 Å². The van der Waals surface area contributed by atoms with Gasteiger partial charge >= 0.3 is 0 Å². The second-order valence-corrected chi connectivity index (χ2v) is 5.76. The summed E-state index contributed by atoms with van der Waals surface area (Å²) in [4.78, 5) is 3.94. The molecule has 0 atom stereocenters. The topological polar surface area (TPSA) is 48.0 Å². The predicted octanol–water partition coefficient (Wildman–Crippen LogP) is 3.75. The van der Waals surface area contributed by atoms with Crippen LogP contribution in [-0.4, -0.2) is 28.2 Å². The van der Waals surface area contributed by atoms with Gasteiger partial charge in [0.15, 0.2) is 0 Å². The molecule has 22 heavy (non-hydrogen) atoms. The summed E-state index contributed by atoms with van der Waals surface area (Å²) >= 11 is 11.6. The Hall–Kier alpha value is -1.88. The molecule has 3 aromatic rings. The smallest absolute Gasteiger partial charge is 0.123 e. The molecule has 0 saturated carbocycles. The van der Waals surface area contributed by atoms with Crippen LogP contribution in [-0.2, 0) is 0 Å². The quantitative estimate of drug-likeness (QED) is 0.639. The Balaban J connectivity index is 2.20. The summed E-state index contributed by atoms with van der Waals surface area (Å²) in [6.07, 6.45) is 0. The summed E-state index contributed by atoms with van der Waals surface area (Å²) in [5.74, 6) is 0. The number of nitrogens with one attached hydrogen (secondary N) is 2. The summed E-state index contributed by atoms with van der Waals surface area (Å²) in [7, 11) is 0. The predicted molar refractivity (Wildman–Crippen MR) is 95.5 cm³/mol. The van der Waals surface area contributed by atoms with Crippen LogP contribution in [0.5, 0.6) is 0 Å². The summed E-state index contributed by atoms with van der Waals surface area (Å²) in [5, 5.41) is 13.7. The van der Waals surface area contributed by atoms with E-state index >= 15 is 0 Å². The van der Waals surface area contributed by atoms with E-state index in [-0.39, 0.29) is 6.61 Å². The molecule has 3 N–H and O–H groups in total. The zero-order valence-electron chi connectivity index (χ0n) is 11.8. The van der Waals surface area contributed by atoms with E-state index in [0.29, 0.717) is 16.6 Å². The van der Waals surface area contributed by atoms with Crippen LogP contribution in [0.4, 0.5) is 0 Å². The van der Waals surface area contributed by atoms with Crippen LogP contribution in [0.3, 0.4) is 0 Å². The normalized spacial score (nSPS) is 10.8. The molecule has 0 aliphatic rings. The minimum absolute atomic E-state index is 0.0346. The van der Waals surface area contributed by atoms with E-state index in [4.69, 9.17) is 28.9 Å². The first kappa shape index (κ1) is 15.0. The summed E-state index contributed by atoms with van der Waals surface area (Å²) in [6, 6.07) is 15.8. The van der Waals surface area contributed by atoms with Gasteiger partial charge in [0.2, 0.25) is 0 Å². The monoisotopic (exact) mass is 330 g/mol. The lowest BCUT2D eigenvalue weighted by atomic mass is 10.0. The Bertz CT molecular complexity index is 814. The van der Waals surface area contributed by atoms with Gasteiger partial charge in [-0.3, -0.25) is 0 Å². The molecule has 2 aromatic carbocycles. The van der Waals surface area contributed by atoms with Crippen molar-refractivity contribution in [3.8, 4) is 11.1 Å². The molecule has 3 rings (SSSR count). The third-order valence-corrected chi connectivity index (χ3v) is 4.03. The van der Waals surface area contributed by atoms with Crippen LogP contribution < -0.4 is 5.32 Å². The number of fused-ring (bicyclic) bond motifs is 1. The number of thiocarbonyl (C=S) groups is 1. The maximum Gasteiger partial charge on any atom is 0.123 e. The van der Waals surface area contributed by atoms with E-state index in [1.54, 1.807) is 0 Å². The minimum atomic E-state index is 0.0346. The largest absolute Gasteiger partial charge is 0.395 e. The number of aromatic nitrogens is 1. The standard InChI is InChI=1S/C17H15ClN2OS/c18-12-6-7-14-13(10-12)15(11-4-2-1-3-5-11)16(20-14)17(22)19-8-9-21/h1-7,10,20-21H,8-9H2,(H,19,22). The summed E-state index contributed by atoms with van der Waals surface area (Å²) in [5.41, 5.74) is 3.91. The number of hydrogen-bond acceptors (Lipinski definition) is 2. The van der Waals surface area contributed by atoms with Crippen LogP contribution in [0.15, 0.2) is 48.5 Å². The molecule has 0 saturated heterocycles. The van der Waals surface area contributed by atoms with Gasteiger partial charge in [0.25, 0.3) is 0 Å². The SMILES string of the molecule is OCCNC(=S)c1[nH]c2ccc(Cl)cc2c1-c1ccccc1. The van der Waals surface area contributed by atoms with Crippen LogP contribution in [0.2, 0.25) is 5.02 Å². The van der Waals surface area contributed by atoms with Gasteiger partial charge < -0.3 is 15.4 Å². The second-order valence-electron chi connectivity index (χ2n) is 4.91. The van der Waals surface area contributed by atoms with Crippen molar-refractivity contribution >= 4 is 39.7 Å². The van der Waals surface area contributed by atoms with E-state index in [1.807, 2.05) is 48.5 Å². The fourth-order valence-corrected chi connectivity index (χ4v) is 2.92. The van der Waals surface area contributed by atoms with E-state index < -0.39 is 0 Å². The van der Waals surface area contributed by atoms with Gasteiger partial charge in [-0.2, -0.15) is 0 Å². The third-order valence-electron chi connectivity index (χ3n) is 3.45. The lowest BCUT2D eigenvalue weighted by Gasteiger charge is -2.08. The molecule has 112 valence electrons. The number of aliphatic hydroxyl groups is 1. The maximum atomic E-state index is 8.97. The molecule has 0 fully saturated rings. The Morgan fingerprint density at radius 1 is 1.18 bits per heavy atom. The highest BCUT2D eigenvalue weighted by Crippen LogP contribution is 2.34. The van der Waals surface area contributed by atoms with Crippen LogP contribution in [0.25, 0.3) is 22.0 Å². The number of H-pyrrole nitrogens is 1. The molecule has 0 aliphatic heterocycles. The van der Waals surface area contributed by atoms with Gasteiger partial charge in [0, 0.05) is 28.0 Å². The number of benzene rings is 2. The summed E-state index contributed by atoms with van der Waals surface area (Å²) in [6.45, 7) is 0.454. The fourth-order valence-electron chi connectivity index (χ4n) is 2.50. The van der Waals surface area contributed by atoms with Crippen molar-refractivity contribution in [2.45, 2.75) is 0 Å². The van der Waals surface area contributed by atoms with Crippen LogP contribution in [0, 0.1) is 0 Å². The van der Waals surface area contributed by atoms with Crippen molar-refractivity contribution < 1.29 is 5.11 Å². The van der Waals surface area contributed by atoms with Crippen LogP contribution >= 0.6 is 23.8 Å². The molecule has 0 aliphatic carbocycles. The molecule has 5 heteroatoms. The van der Waals surface area contributed by atoms with Crippen molar-refractivity contribution in [2.75, 3.05) is 13.2 Å². The maximum absolute atomic E-state index is 8.97. The number of halogens is 1. The lowest BCUT2D eigenvalue weighted by molar-refractivity contribution is 0.301. The number of aromatic amines is 1. The average molecular weight is 331 g/mol. The minimum Gasteiger partial charge on any atom is -0.395 e. The molecule has 0 bridgehead atoms. The molecule has 1 heterocycles. The van der Waals surface area contributed by atoms with Crippen LogP contribution in [0.1, 0.15) is 5.69 Å². The zero-order chi connectivity index (χ0) is 15.5.